The van der Waals surface area contributed by atoms with Crippen LogP contribution in [0.15, 0.2) is 24.3 Å². The molecule has 0 radical (unpaired) electrons. The molecule has 1 rings (SSSR count). The Bertz CT molecular complexity index is 429. The van der Waals surface area contributed by atoms with Crippen LogP contribution in [0.3, 0.4) is 0 Å². The summed E-state index contributed by atoms with van der Waals surface area (Å²) in [4.78, 5) is 0. The van der Waals surface area contributed by atoms with Crippen molar-refractivity contribution in [3.8, 4) is 0 Å². The van der Waals surface area contributed by atoms with Gasteiger partial charge >= 0.3 is 0 Å². The van der Waals surface area contributed by atoms with E-state index < -0.39 is 21.7 Å². The third-order valence-corrected chi connectivity index (χ3v) is 3.60. The van der Waals surface area contributed by atoms with Gasteiger partial charge in [0.25, 0.3) is 0 Å². The zero-order chi connectivity index (χ0) is 11.5. The summed E-state index contributed by atoms with van der Waals surface area (Å²) in [7, 11) is -3.24. The molecule has 0 aromatic heterocycles. The largest absolute Gasteiger partial charge is 0.327 e. The first-order valence-electron chi connectivity index (χ1n) is 4.59. The number of hydrogen-bond donors (Lipinski definition) is 1. The molecule has 0 fully saturated rings. The fraction of sp³-hybridized carbons (Fsp3) is 0.400. The highest BCUT2D eigenvalue weighted by molar-refractivity contribution is 7.90. The van der Waals surface area contributed by atoms with Crippen LogP contribution in [-0.4, -0.2) is 20.2 Å². The number of rotatable bonds is 4. The van der Waals surface area contributed by atoms with Gasteiger partial charge in [0.2, 0.25) is 0 Å². The molecule has 0 aliphatic rings. The molecule has 1 unspecified atom stereocenters. The summed E-state index contributed by atoms with van der Waals surface area (Å²) < 4.78 is 35.8. The van der Waals surface area contributed by atoms with Crippen LogP contribution in [0.5, 0.6) is 0 Å². The molecule has 84 valence electrons. The predicted molar refractivity (Wildman–Crippen MR) is 57.5 cm³/mol. The molecule has 0 amide bonds. The lowest BCUT2D eigenvalue weighted by atomic mass is 10.2. The summed E-state index contributed by atoms with van der Waals surface area (Å²) >= 11 is 0. The normalized spacial score (nSPS) is 13.8. The number of benzene rings is 1. The SMILES string of the molecule is CC(N)CS(=O)(=O)Cc1cccc(F)c1. The molecule has 1 atom stereocenters. The first-order chi connectivity index (χ1) is 6.89. The van der Waals surface area contributed by atoms with Crippen LogP contribution in [0.25, 0.3) is 0 Å². The average molecular weight is 231 g/mol. The Balaban J connectivity index is 2.78. The van der Waals surface area contributed by atoms with Gasteiger partial charge in [0.05, 0.1) is 11.5 Å². The van der Waals surface area contributed by atoms with Crippen LogP contribution < -0.4 is 5.73 Å². The lowest BCUT2D eigenvalue weighted by molar-refractivity contribution is 0.588. The Labute approximate surface area is 89.0 Å². The van der Waals surface area contributed by atoms with Crippen LogP contribution in [0.4, 0.5) is 4.39 Å². The highest BCUT2D eigenvalue weighted by Gasteiger charge is 2.14. The van der Waals surface area contributed by atoms with Crippen molar-refractivity contribution < 1.29 is 12.8 Å². The van der Waals surface area contributed by atoms with Crippen LogP contribution in [0, 0.1) is 5.82 Å². The molecule has 0 heterocycles. The first-order valence-corrected chi connectivity index (χ1v) is 6.41. The topological polar surface area (TPSA) is 60.2 Å². The Kier molecular flexibility index (Phi) is 3.82. The Morgan fingerprint density at radius 3 is 2.67 bits per heavy atom. The Hall–Kier alpha value is -0.940. The van der Waals surface area contributed by atoms with Crippen LogP contribution in [0.1, 0.15) is 12.5 Å². The van der Waals surface area contributed by atoms with Crippen molar-refractivity contribution in [1.82, 2.24) is 0 Å². The Morgan fingerprint density at radius 2 is 2.13 bits per heavy atom. The second-order valence-electron chi connectivity index (χ2n) is 3.66. The molecule has 5 heteroatoms. The smallest absolute Gasteiger partial charge is 0.155 e. The van der Waals surface area contributed by atoms with Crippen LogP contribution in [-0.2, 0) is 15.6 Å². The molecular weight excluding hydrogens is 217 g/mol. The second-order valence-corrected chi connectivity index (χ2v) is 5.77. The average Bonchev–Trinajstić information content (AvgIpc) is 1.99. The van der Waals surface area contributed by atoms with Gasteiger partial charge in [-0.3, -0.25) is 0 Å². The standard InChI is InChI=1S/C10H14FNO2S/c1-8(12)6-15(13,14)7-9-3-2-4-10(11)5-9/h2-5,8H,6-7,12H2,1H3. The molecule has 0 bridgehead atoms. The van der Waals surface area contributed by atoms with Gasteiger partial charge in [-0.15, -0.1) is 0 Å². The van der Waals surface area contributed by atoms with E-state index in [0.717, 1.165) is 0 Å². The van der Waals surface area contributed by atoms with E-state index in [4.69, 9.17) is 5.73 Å². The van der Waals surface area contributed by atoms with Gasteiger partial charge < -0.3 is 5.73 Å². The van der Waals surface area contributed by atoms with Gasteiger partial charge in [-0.1, -0.05) is 12.1 Å². The summed E-state index contributed by atoms with van der Waals surface area (Å²) in [5, 5.41) is 0. The molecule has 1 aromatic carbocycles. The van der Waals surface area contributed by atoms with Gasteiger partial charge in [-0.2, -0.15) is 0 Å². The third kappa shape index (κ3) is 4.40. The van der Waals surface area contributed by atoms with E-state index >= 15 is 0 Å². The zero-order valence-corrected chi connectivity index (χ0v) is 9.30. The maximum atomic E-state index is 12.8. The molecule has 0 aliphatic heterocycles. The minimum Gasteiger partial charge on any atom is -0.327 e. The zero-order valence-electron chi connectivity index (χ0n) is 8.48. The predicted octanol–water partition coefficient (Wildman–Crippen LogP) is 1.09. The summed E-state index contributed by atoms with van der Waals surface area (Å²) in [6.07, 6.45) is 0. The van der Waals surface area contributed by atoms with Gasteiger partial charge in [-0.05, 0) is 24.6 Å². The van der Waals surface area contributed by atoms with Crippen molar-refractivity contribution >= 4 is 9.84 Å². The van der Waals surface area contributed by atoms with Crippen LogP contribution >= 0.6 is 0 Å². The highest BCUT2D eigenvalue weighted by Crippen LogP contribution is 2.09. The molecule has 0 saturated heterocycles. The van der Waals surface area contributed by atoms with E-state index in [1.54, 1.807) is 13.0 Å². The number of hydrogen-bond acceptors (Lipinski definition) is 3. The van der Waals surface area contributed by atoms with Gasteiger partial charge in [0, 0.05) is 6.04 Å². The van der Waals surface area contributed by atoms with E-state index in [1.165, 1.54) is 18.2 Å². The van der Waals surface area contributed by atoms with Gasteiger partial charge in [0.1, 0.15) is 5.82 Å². The van der Waals surface area contributed by atoms with Crippen molar-refractivity contribution in [3.63, 3.8) is 0 Å². The highest BCUT2D eigenvalue weighted by atomic mass is 32.2. The second kappa shape index (κ2) is 4.72. The van der Waals surface area contributed by atoms with E-state index in [0.29, 0.717) is 5.56 Å². The number of halogens is 1. The number of sulfone groups is 1. The molecule has 3 nitrogen and oxygen atoms in total. The van der Waals surface area contributed by atoms with Crippen molar-refractivity contribution in [2.75, 3.05) is 5.75 Å². The third-order valence-electron chi connectivity index (χ3n) is 1.79. The quantitative estimate of drug-likeness (QED) is 0.843. The first kappa shape index (κ1) is 12.1. The molecule has 2 N–H and O–H groups in total. The van der Waals surface area contributed by atoms with Crippen molar-refractivity contribution in [1.29, 1.82) is 0 Å². The summed E-state index contributed by atoms with van der Waals surface area (Å²) in [5.41, 5.74) is 5.86. The lowest BCUT2D eigenvalue weighted by Gasteiger charge is -2.06. The molecule has 0 spiro atoms. The van der Waals surface area contributed by atoms with E-state index in [9.17, 15) is 12.8 Å². The fourth-order valence-electron chi connectivity index (χ4n) is 1.34. The molecular formula is C10H14FNO2S. The maximum absolute atomic E-state index is 12.8. The maximum Gasteiger partial charge on any atom is 0.155 e. The molecule has 0 aliphatic carbocycles. The monoisotopic (exact) mass is 231 g/mol. The molecule has 0 saturated carbocycles. The summed E-state index contributed by atoms with van der Waals surface area (Å²) in [6.45, 7) is 1.63. The summed E-state index contributed by atoms with van der Waals surface area (Å²) in [6, 6.07) is 5.18. The van der Waals surface area contributed by atoms with Crippen molar-refractivity contribution in [2.45, 2.75) is 18.7 Å². The minimum absolute atomic E-state index is 0.0798. The lowest BCUT2D eigenvalue weighted by Crippen LogP contribution is -2.27. The number of nitrogens with two attached hydrogens (primary N) is 1. The van der Waals surface area contributed by atoms with Crippen LogP contribution in [0.2, 0.25) is 0 Å². The Morgan fingerprint density at radius 1 is 1.47 bits per heavy atom. The fourth-order valence-corrected chi connectivity index (χ4v) is 2.95. The van der Waals surface area contributed by atoms with Gasteiger partial charge in [-0.25, -0.2) is 12.8 Å². The van der Waals surface area contributed by atoms with Crippen molar-refractivity contribution in [3.05, 3.63) is 35.6 Å². The van der Waals surface area contributed by atoms with Gasteiger partial charge in [0.15, 0.2) is 9.84 Å². The van der Waals surface area contributed by atoms with E-state index in [-0.39, 0.29) is 11.5 Å². The molecule has 1 aromatic rings. The molecule has 15 heavy (non-hydrogen) atoms. The van der Waals surface area contributed by atoms with E-state index in [1.807, 2.05) is 0 Å². The summed E-state index contributed by atoms with van der Waals surface area (Å²) in [5.74, 6) is -0.668. The minimum atomic E-state index is -3.24. The van der Waals surface area contributed by atoms with E-state index in [2.05, 4.69) is 0 Å². The van der Waals surface area contributed by atoms with Crippen molar-refractivity contribution in [2.24, 2.45) is 5.73 Å².